The number of nitrogens with zero attached hydrogens (tertiary/aromatic N) is 3. The van der Waals surface area contributed by atoms with Crippen LogP contribution in [0.5, 0.6) is 5.88 Å². The molecule has 0 bridgehead atoms. The number of carbonyl (C=O) groups excluding carboxylic acids is 2. The third-order valence-electron chi connectivity index (χ3n) is 5.75. The van der Waals surface area contributed by atoms with Gasteiger partial charge in [0, 0.05) is 48.4 Å². The zero-order valence-corrected chi connectivity index (χ0v) is 19.7. The van der Waals surface area contributed by atoms with Crippen LogP contribution in [0.3, 0.4) is 0 Å². The number of hydrogen-bond donors (Lipinski definition) is 2. The van der Waals surface area contributed by atoms with E-state index in [1.807, 2.05) is 43.5 Å². The second-order valence-corrected chi connectivity index (χ2v) is 9.32. The van der Waals surface area contributed by atoms with E-state index in [9.17, 15) is 9.59 Å². The third kappa shape index (κ3) is 5.03. The molecule has 0 unspecified atom stereocenters. The SMILES string of the molecule is CC(=O)c1ccc(-c2csc3c(OC4CCN(C(=O)NC(=N)C(C)C)CC4)ncnc23)cc1. The lowest BCUT2D eigenvalue weighted by atomic mass is 10.0. The van der Waals surface area contributed by atoms with Crippen LogP contribution >= 0.6 is 11.3 Å². The normalized spacial score (nSPS) is 14.5. The number of fused-ring (bicyclic) bond motifs is 1. The summed E-state index contributed by atoms with van der Waals surface area (Å²) in [6.07, 6.45) is 2.85. The molecule has 0 atom stereocenters. The van der Waals surface area contributed by atoms with Crippen molar-refractivity contribution in [3.63, 3.8) is 0 Å². The van der Waals surface area contributed by atoms with Crippen LogP contribution in [0.4, 0.5) is 4.79 Å². The molecule has 1 aromatic carbocycles. The fourth-order valence-corrected chi connectivity index (χ4v) is 4.64. The first kappa shape index (κ1) is 22.8. The number of carbonyl (C=O) groups is 2. The summed E-state index contributed by atoms with van der Waals surface area (Å²) >= 11 is 1.53. The number of piperidine rings is 1. The summed E-state index contributed by atoms with van der Waals surface area (Å²) in [7, 11) is 0. The fraction of sp³-hybridized carbons (Fsp3) is 0.375. The van der Waals surface area contributed by atoms with Gasteiger partial charge >= 0.3 is 6.03 Å². The van der Waals surface area contributed by atoms with Gasteiger partial charge < -0.3 is 9.64 Å². The number of ketones is 1. The summed E-state index contributed by atoms with van der Waals surface area (Å²) < 4.78 is 7.11. The van der Waals surface area contributed by atoms with Gasteiger partial charge in [0.25, 0.3) is 0 Å². The topological polar surface area (TPSA) is 108 Å². The highest BCUT2D eigenvalue weighted by Gasteiger charge is 2.26. The Morgan fingerprint density at radius 3 is 2.52 bits per heavy atom. The van der Waals surface area contributed by atoms with Crippen LogP contribution in [0.15, 0.2) is 36.0 Å². The maximum Gasteiger partial charge on any atom is 0.322 e. The number of aromatic nitrogens is 2. The molecule has 4 rings (SSSR count). The lowest BCUT2D eigenvalue weighted by molar-refractivity contribution is 0.101. The third-order valence-corrected chi connectivity index (χ3v) is 6.71. The maximum atomic E-state index is 12.3. The van der Waals surface area contributed by atoms with E-state index < -0.39 is 0 Å². The molecule has 1 fully saturated rings. The Morgan fingerprint density at radius 1 is 1.18 bits per heavy atom. The number of thiophene rings is 1. The molecule has 3 aromatic rings. The van der Waals surface area contributed by atoms with E-state index in [0.29, 0.717) is 37.4 Å². The number of ether oxygens (including phenoxy) is 1. The van der Waals surface area contributed by atoms with Crippen molar-refractivity contribution in [2.45, 2.75) is 39.7 Å². The Labute approximate surface area is 196 Å². The van der Waals surface area contributed by atoms with E-state index in [-0.39, 0.29) is 29.7 Å². The van der Waals surface area contributed by atoms with Crippen LogP contribution in [-0.2, 0) is 0 Å². The number of amidine groups is 1. The molecule has 2 aromatic heterocycles. The summed E-state index contributed by atoms with van der Waals surface area (Å²) in [6.45, 7) is 6.44. The second-order valence-electron chi connectivity index (χ2n) is 8.44. The summed E-state index contributed by atoms with van der Waals surface area (Å²) in [6, 6.07) is 7.29. The summed E-state index contributed by atoms with van der Waals surface area (Å²) in [5.41, 5.74) is 3.47. The van der Waals surface area contributed by atoms with Crippen LogP contribution < -0.4 is 10.1 Å². The van der Waals surface area contributed by atoms with Crippen molar-refractivity contribution in [3.05, 3.63) is 41.5 Å². The smallest absolute Gasteiger partial charge is 0.322 e. The van der Waals surface area contributed by atoms with Crippen LogP contribution in [-0.4, -0.2) is 51.7 Å². The molecule has 1 aliphatic rings. The number of amides is 2. The first-order valence-electron chi connectivity index (χ1n) is 11.0. The molecule has 8 nitrogen and oxygen atoms in total. The zero-order valence-electron chi connectivity index (χ0n) is 18.9. The Kier molecular flexibility index (Phi) is 6.69. The molecule has 1 aliphatic heterocycles. The van der Waals surface area contributed by atoms with E-state index in [1.54, 1.807) is 11.8 Å². The minimum absolute atomic E-state index is 0.0160. The molecule has 172 valence electrons. The van der Waals surface area contributed by atoms with Crippen LogP contribution in [0, 0.1) is 11.3 Å². The van der Waals surface area contributed by atoms with Crippen LogP contribution in [0.25, 0.3) is 21.3 Å². The van der Waals surface area contributed by atoms with E-state index in [4.69, 9.17) is 10.1 Å². The standard InChI is InChI=1S/C24H27N5O3S/c1-14(2)22(25)28-24(31)29-10-8-18(9-11-29)32-23-21-20(26-13-27-23)19(12-33-21)17-6-4-16(5-7-17)15(3)30/h4-7,12-14,18H,8-11H2,1-3H3,(H2,25,28,31). The van der Waals surface area contributed by atoms with Crippen LogP contribution in [0.1, 0.15) is 44.0 Å². The number of hydrogen-bond acceptors (Lipinski definition) is 7. The monoisotopic (exact) mass is 465 g/mol. The van der Waals surface area contributed by atoms with E-state index in [2.05, 4.69) is 15.3 Å². The molecule has 3 heterocycles. The highest BCUT2D eigenvalue weighted by Crippen LogP contribution is 2.37. The Morgan fingerprint density at radius 2 is 1.88 bits per heavy atom. The number of Topliss-reactive ketones (excluding diaryl/α,β-unsaturated/α-hetero) is 1. The Balaban J connectivity index is 1.43. The molecule has 2 amide bonds. The molecule has 0 saturated carbocycles. The molecule has 1 saturated heterocycles. The maximum absolute atomic E-state index is 12.3. The lowest BCUT2D eigenvalue weighted by Crippen LogP contribution is -2.48. The van der Waals surface area contributed by atoms with Gasteiger partial charge in [0.2, 0.25) is 5.88 Å². The summed E-state index contributed by atoms with van der Waals surface area (Å²) in [5.74, 6) is 0.807. The largest absolute Gasteiger partial charge is 0.473 e. The van der Waals surface area contributed by atoms with Crippen molar-refractivity contribution in [1.82, 2.24) is 20.2 Å². The summed E-state index contributed by atoms with van der Waals surface area (Å²) in [5, 5.41) is 12.5. The average Bonchev–Trinajstić information content (AvgIpc) is 3.24. The van der Waals surface area contributed by atoms with E-state index >= 15 is 0 Å². The quantitative estimate of drug-likeness (QED) is 0.321. The average molecular weight is 466 g/mol. The van der Waals surface area contributed by atoms with Crippen LogP contribution in [0.2, 0.25) is 0 Å². The summed E-state index contributed by atoms with van der Waals surface area (Å²) in [4.78, 5) is 34.5. The molecule has 0 spiro atoms. The van der Waals surface area contributed by atoms with E-state index in [1.165, 1.54) is 17.7 Å². The van der Waals surface area contributed by atoms with Gasteiger partial charge in [0.15, 0.2) is 5.78 Å². The van der Waals surface area contributed by atoms with Crippen molar-refractivity contribution in [2.24, 2.45) is 5.92 Å². The van der Waals surface area contributed by atoms with Gasteiger partial charge in [-0.2, -0.15) is 0 Å². The fourth-order valence-electron chi connectivity index (χ4n) is 3.68. The van der Waals surface area contributed by atoms with Gasteiger partial charge in [-0.3, -0.25) is 15.5 Å². The molecule has 2 N–H and O–H groups in total. The van der Waals surface area contributed by atoms with Gasteiger partial charge in [-0.25, -0.2) is 14.8 Å². The van der Waals surface area contributed by atoms with Crippen molar-refractivity contribution in [3.8, 4) is 17.0 Å². The second kappa shape index (κ2) is 9.66. The minimum Gasteiger partial charge on any atom is -0.473 e. The number of nitrogens with one attached hydrogen (secondary N) is 2. The van der Waals surface area contributed by atoms with Gasteiger partial charge in [0.1, 0.15) is 23.0 Å². The number of likely N-dealkylation sites (tertiary alicyclic amines) is 1. The highest BCUT2D eigenvalue weighted by atomic mass is 32.1. The zero-order chi connectivity index (χ0) is 23.5. The predicted molar refractivity (Wildman–Crippen MR) is 129 cm³/mol. The molecule has 0 aliphatic carbocycles. The van der Waals surface area contributed by atoms with Crippen molar-refractivity contribution in [2.75, 3.05) is 13.1 Å². The van der Waals surface area contributed by atoms with E-state index in [0.717, 1.165) is 21.3 Å². The number of urea groups is 1. The molecule has 9 heteroatoms. The van der Waals surface area contributed by atoms with Crippen molar-refractivity contribution < 1.29 is 14.3 Å². The van der Waals surface area contributed by atoms with Crippen molar-refractivity contribution in [1.29, 1.82) is 5.41 Å². The first-order chi connectivity index (χ1) is 15.8. The predicted octanol–water partition coefficient (Wildman–Crippen LogP) is 4.75. The lowest BCUT2D eigenvalue weighted by Gasteiger charge is -2.32. The minimum atomic E-state index is -0.227. The van der Waals surface area contributed by atoms with Gasteiger partial charge in [0.05, 0.1) is 5.52 Å². The molecular weight excluding hydrogens is 438 g/mol. The van der Waals surface area contributed by atoms with Gasteiger partial charge in [-0.15, -0.1) is 11.3 Å². The number of rotatable bonds is 5. The van der Waals surface area contributed by atoms with Gasteiger partial charge in [-0.05, 0) is 12.5 Å². The Hall–Kier alpha value is -3.33. The Bertz CT molecular complexity index is 1180. The first-order valence-corrected chi connectivity index (χ1v) is 11.9. The molecular formula is C24H27N5O3S. The molecule has 0 radical (unpaired) electrons. The highest BCUT2D eigenvalue weighted by molar-refractivity contribution is 7.18. The van der Waals surface area contributed by atoms with Crippen molar-refractivity contribution >= 4 is 39.2 Å². The van der Waals surface area contributed by atoms with Gasteiger partial charge in [-0.1, -0.05) is 38.1 Å². The molecule has 33 heavy (non-hydrogen) atoms. The number of benzene rings is 1.